The minimum atomic E-state index is 0.554. The average Bonchev–Trinajstić information content (AvgIpc) is 2.97. The molecule has 3 rings (SSSR count). The van der Waals surface area contributed by atoms with E-state index in [1.807, 2.05) is 19.3 Å². The molecular weight excluding hydrogens is 222 g/mol. The number of pyridine rings is 1. The molecule has 0 bridgehead atoms. The molecule has 1 fully saturated rings. The molecule has 16 heavy (non-hydrogen) atoms. The molecule has 0 radical (unpaired) electrons. The molecule has 3 nitrogen and oxygen atoms in total. The first kappa shape index (κ1) is 10.1. The van der Waals surface area contributed by atoms with E-state index >= 15 is 0 Å². The summed E-state index contributed by atoms with van der Waals surface area (Å²) in [5.74, 6) is 0.941. The fourth-order valence-electron chi connectivity index (χ4n) is 2.09. The highest BCUT2D eigenvalue weighted by Crippen LogP contribution is 2.33. The van der Waals surface area contributed by atoms with Gasteiger partial charge in [0, 0.05) is 12.6 Å². The van der Waals surface area contributed by atoms with Gasteiger partial charge in [0.2, 0.25) is 0 Å². The van der Waals surface area contributed by atoms with Crippen molar-refractivity contribution in [3.63, 3.8) is 0 Å². The maximum Gasteiger partial charge on any atom is 0.131 e. The van der Waals surface area contributed by atoms with Gasteiger partial charge in [0.1, 0.15) is 10.7 Å². The lowest BCUT2D eigenvalue weighted by molar-refractivity contribution is 0.608. The molecule has 0 spiro atoms. The van der Waals surface area contributed by atoms with Gasteiger partial charge in [-0.1, -0.05) is 24.4 Å². The first-order valence-electron chi connectivity index (χ1n) is 5.72. The van der Waals surface area contributed by atoms with Crippen LogP contribution in [0.2, 0.25) is 5.15 Å². The van der Waals surface area contributed by atoms with Crippen molar-refractivity contribution in [3.8, 4) is 0 Å². The molecule has 0 atom stereocenters. The zero-order chi connectivity index (χ0) is 11.1. The summed E-state index contributed by atoms with van der Waals surface area (Å²) >= 11 is 5.98. The molecule has 2 aromatic heterocycles. The van der Waals surface area contributed by atoms with Gasteiger partial charge in [-0.25, -0.2) is 9.97 Å². The van der Waals surface area contributed by atoms with Gasteiger partial charge in [-0.3, -0.25) is 0 Å². The number of imidazole rings is 1. The average molecular weight is 236 g/mol. The Labute approximate surface area is 99.5 Å². The van der Waals surface area contributed by atoms with Crippen LogP contribution in [0.1, 0.15) is 25.0 Å². The van der Waals surface area contributed by atoms with Crippen molar-refractivity contribution in [3.05, 3.63) is 23.2 Å². The molecule has 2 heterocycles. The van der Waals surface area contributed by atoms with Gasteiger partial charge in [-0.15, -0.1) is 0 Å². The summed E-state index contributed by atoms with van der Waals surface area (Å²) in [6.45, 7) is 2.99. The molecule has 4 heteroatoms. The van der Waals surface area contributed by atoms with Crippen LogP contribution in [0.25, 0.3) is 11.0 Å². The number of nitrogens with zero attached hydrogens (tertiary/aromatic N) is 3. The standard InChI is InChI=1S/C12H14ClN3/c1-8-12-10(6-11(13)15-8)16(7-14-12)5-4-9-2-3-9/h6-7,9H,2-5H2,1H3. The van der Waals surface area contributed by atoms with E-state index in [0.29, 0.717) is 5.15 Å². The highest BCUT2D eigenvalue weighted by molar-refractivity contribution is 6.30. The van der Waals surface area contributed by atoms with Crippen LogP contribution in [0.3, 0.4) is 0 Å². The van der Waals surface area contributed by atoms with Crippen LogP contribution < -0.4 is 0 Å². The molecule has 0 N–H and O–H groups in total. The summed E-state index contributed by atoms with van der Waals surface area (Å²) in [6.07, 6.45) is 5.95. The topological polar surface area (TPSA) is 30.7 Å². The van der Waals surface area contributed by atoms with Crippen molar-refractivity contribution >= 4 is 22.6 Å². The lowest BCUT2D eigenvalue weighted by Crippen LogP contribution is -1.97. The van der Waals surface area contributed by atoms with E-state index in [-0.39, 0.29) is 0 Å². The Morgan fingerprint density at radius 3 is 3.06 bits per heavy atom. The predicted octanol–water partition coefficient (Wildman–Crippen LogP) is 3.19. The van der Waals surface area contributed by atoms with E-state index < -0.39 is 0 Å². The van der Waals surface area contributed by atoms with E-state index in [1.54, 1.807) is 0 Å². The maximum atomic E-state index is 5.98. The minimum absolute atomic E-state index is 0.554. The molecule has 0 amide bonds. The second-order valence-corrected chi connectivity index (χ2v) is 4.96. The predicted molar refractivity (Wildman–Crippen MR) is 64.6 cm³/mol. The van der Waals surface area contributed by atoms with E-state index in [1.165, 1.54) is 19.3 Å². The van der Waals surface area contributed by atoms with Crippen LogP contribution in [0, 0.1) is 12.8 Å². The largest absolute Gasteiger partial charge is 0.330 e. The summed E-state index contributed by atoms with van der Waals surface area (Å²) in [4.78, 5) is 8.61. The van der Waals surface area contributed by atoms with Crippen molar-refractivity contribution < 1.29 is 0 Å². The second kappa shape index (κ2) is 3.74. The van der Waals surface area contributed by atoms with Gasteiger partial charge >= 0.3 is 0 Å². The molecule has 1 aliphatic carbocycles. The van der Waals surface area contributed by atoms with Crippen molar-refractivity contribution in [2.45, 2.75) is 32.7 Å². The number of hydrogen-bond donors (Lipinski definition) is 0. The Morgan fingerprint density at radius 1 is 1.50 bits per heavy atom. The van der Waals surface area contributed by atoms with Crippen LogP contribution in [0.15, 0.2) is 12.4 Å². The van der Waals surface area contributed by atoms with Crippen molar-refractivity contribution in [1.29, 1.82) is 0 Å². The van der Waals surface area contributed by atoms with Crippen LogP contribution >= 0.6 is 11.6 Å². The zero-order valence-electron chi connectivity index (χ0n) is 9.28. The smallest absolute Gasteiger partial charge is 0.131 e. The molecule has 2 aromatic rings. The lowest BCUT2D eigenvalue weighted by atomic mass is 10.3. The van der Waals surface area contributed by atoms with Gasteiger partial charge in [-0.2, -0.15) is 0 Å². The quantitative estimate of drug-likeness (QED) is 0.765. The number of hydrogen-bond acceptors (Lipinski definition) is 2. The minimum Gasteiger partial charge on any atom is -0.330 e. The van der Waals surface area contributed by atoms with Crippen molar-refractivity contribution in [2.75, 3.05) is 0 Å². The van der Waals surface area contributed by atoms with Gasteiger partial charge in [-0.05, 0) is 19.3 Å². The van der Waals surface area contributed by atoms with Gasteiger partial charge in [0.15, 0.2) is 0 Å². The summed E-state index contributed by atoms with van der Waals surface area (Å²) in [5.41, 5.74) is 2.99. The summed E-state index contributed by atoms with van der Waals surface area (Å²) < 4.78 is 2.19. The van der Waals surface area contributed by atoms with Crippen LogP contribution in [-0.2, 0) is 6.54 Å². The lowest BCUT2D eigenvalue weighted by Gasteiger charge is -2.03. The molecule has 0 saturated heterocycles. The van der Waals surface area contributed by atoms with E-state index in [9.17, 15) is 0 Å². The highest BCUT2D eigenvalue weighted by Gasteiger charge is 2.21. The second-order valence-electron chi connectivity index (χ2n) is 4.57. The number of aryl methyl sites for hydroxylation is 2. The third-order valence-corrected chi connectivity index (χ3v) is 3.42. The third kappa shape index (κ3) is 1.80. The van der Waals surface area contributed by atoms with Crippen molar-refractivity contribution in [2.24, 2.45) is 5.92 Å². The fourth-order valence-corrected chi connectivity index (χ4v) is 2.32. The molecule has 84 valence electrons. The number of rotatable bonds is 3. The zero-order valence-corrected chi connectivity index (χ0v) is 10.0. The summed E-state index contributed by atoms with van der Waals surface area (Å²) in [7, 11) is 0. The summed E-state index contributed by atoms with van der Waals surface area (Å²) in [5, 5.41) is 0.554. The molecule has 0 aliphatic heterocycles. The molecular formula is C12H14ClN3. The van der Waals surface area contributed by atoms with Crippen LogP contribution in [0.4, 0.5) is 0 Å². The number of aromatic nitrogens is 3. The molecule has 0 unspecified atom stereocenters. The normalized spacial score (nSPS) is 15.9. The van der Waals surface area contributed by atoms with Gasteiger partial charge in [0.25, 0.3) is 0 Å². The monoisotopic (exact) mass is 235 g/mol. The Balaban J connectivity index is 1.97. The van der Waals surface area contributed by atoms with E-state index in [0.717, 1.165) is 29.2 Å². The maximum absolute atomic E-state index is 5.98. The number of fused-ring (bicyclic) bond motifs is 1. The van der Waals surface area contributed by atoms with Crippen LogP contribution in [-0.4, -0.2) is 14.5 Å². The van der Waals surface area contributed by atoms with Gasteiger partial charge < -0.3 is 4.57 Å². The molecule has 1 aliphatic rings. The Hall–Kier alpha value is -1.09. The fraction of sp³-hybridized carbons (Fsp3) is 0.500. The highest BCUT2D eigenvalue weighted by atomic mass is 35.5. The summed E-state index contributed by atoms with van der Waals surface area (Å²) in [6, 6.07) is 1.91. The molecule has 1 saturated carbocycles. The third-order valence-electron chi connectivity index (χ3n) is 3.23. The van der Waals surface area contributed by atoms with E-state index in [4.69, 9.17) is 11.6 Å². The van der Waals surface area contributed by atoms with Crippen LogP contribution in [0.5, 0.6) is 0 Å². The van der Waals surface area contributed by atoms with E-state index in [2.05, 4.69) is 14.5 Å². The molecule has 0 aromatic carbocycles. The SMILES string of the molecule is Cc1nc(Cl)cc2c1ncn2CCC1CC1. The Morgan fingerprint density at radius 2 is 2.31 bits per heavy atom. The number of halogens is 1. The first-order valence-corrected chi connectivity index (χ1v) is 6.10. The Bertz CT molecular complexity index is 528. The van der Waals surface area contributed by atoms with Crippen molar-refractivity contribution in [1.82, 2.24) is 14.5 Å². The van der Waals surface area contributed by atoms with Gasteiger partial charge in [0.05, 0.1) is 17.5 Å². The Kier molecular flexibility index (Phi) is 2.36. The first-order chi connectivity index (χ1) is 7.74.